The number of benzene rings is 3. The molecule has 4 nitrogen and oxygen atoms in total. The molecular formula is C29H33NO3. The fourth-order valence-corrected chi connectivity index (χ4v) is 3.83. The largest absolute Gasteiger partial charge is 0.460 e. The van der Waals surface area contributed by atoms with Crippen molar-refractivity contribution in [1.29, 1.82) is 0 Å². The van der Waals surface area contributed by atoms with Gasteiger partial charge < -0.3 is 9.84 Å². The van der Waals surface area contributed by atoms with Gasteiger partial charge in [-0.15, -0.1) is 0 Å². The minimum atomic E-state index is -0.836. The Morgan fingerprint density at radius 2 is 1.33 bits per heavy atom. The third-order valence-corrected chi connectivity index (χ3v) is 5.54. The van der Waals surface area contributed by atoms with E-state index < -0.39 is 12.1 Å². The molecule has 4 heteroatoms. The van der Waals surface area contributed by atoms with E-state index >= 15 is 0 Å². The fourth-order valence-electron chi connectivity index (χ4n) is 3.83. The average Bonchev–Trinajstić information content (AvgIpc) is 2.86. The SMILES string of the molecule is CCC=CC(=O)OC[C@@H](O)[C@H](Cc1ccccc1)N(Cc1ccccc1)Cc1ccccc1. The molecule has 0 fully saturated rings. The van der Waals surface area contributed by atoms with Crippen molar-refractivity contribution >= 4 is 5.97 Å². The third kappa shape index (κ3) is 8.33. The Bertz CT molecular complexity index is 932. The first-order valence-corrected chi connectivity index (χ1v) is 11.5. The lowest BCUT2D eigenvalue weighted by molar-refractivity contribution is -0.142. The summed E-state index contributed by atoms with van der Waals surface area (Å²) in [5.74, 6) is -0.424. The summed E-state index contributed by atoms with van der Waals surface area (Å²) >= 11 is 0. The summed E-state index contributed by atoms with van der Waals surface area (Å²) in [4.78, 5) is 14.3. The van der Waals surface area contributed by atoms with E-state index in [2.05, 4.69) is 41.3 Å². The first-order chi connectivity index (χ1) is 16.2. The van der Waals surface area contributed by atoms with Crippen LogP contribution in [0.2, 0.25) is 0 Å². The van der Waals surface area contributed by atoms with Gasteiger partial charge in [-0.3, -0.25) is 4.90 Å². The van der Waals surface area contributed by atoms with Crippen LogP contribution < -0.4 is 0 Å². The number of hydrogen-bond acceptors (Lipinski definition) is 4. The summed E-state index contributed by atoms with van der Waals surface area (Å²) in [6, 6.07) is 30.4. The van der Waals surface area contributed by atoms with E-state index in [9.17, 15) is 9.90 Å². The highest BCUT2D eigenvalue weighted by Crippen LogP contribution is 2.20. The van der Waals surface area contributed by atoms with Crippen molar-refractivity contribution in [3.05, 3.63) is 120 Å². The van der Waals surface area contributed by atoms with Gasteiger partial charge in [-0.05, 0) is 29.5 Å². The smallest absolute Gasteiger partial charge is 0.330 e. The van der Waals surface area contributed by atoms with Crippen LogP contribution in [0.3, 0.4) is 0 Å². The molecule has 0 aliphatic heterocycles. The Hall–Kier alpha value is -3.21. The number of esters is 1. The predicted molar refractivity (Wildman–Crippen MR) is 132 cm³/mol. The van der Waals surface area contributed by atoms with Gasteiger partial charge in [0.15, 0.2) is 0 Å². The molecule has 0 spiro atoms. The number of hydrogen-bond donors (Lipinski definition) is 1. The zero-order valence-corrected chi connectivity index (χ0v) is 19.2. The molecule has 0 bridgehead atoms. The van der Waals surface area contributed by atoms with Crippen molar-refractivity contribution in [2.45, 2.75) is 45.0 Å². The minimum absolute atomic E-state index is 0.0511. The Morgan fingerprint density at radius 1 is 0.848 bits per heavy atom. The maximum atomic E-state index is 12.0. The van der Waals surface area contributed by atoms with Crippen LogP contribution in [0.15, 0.2) is 103 Å². The summed E-state index contributed by atoms with van der Waals surface area (Å²) in [7, 11) is 0. The van der Waals surface area contributed by atoms with Crippen LogP contribution in [0.5, 0.6) is 0 Å². The van der Waals surface area contributed by atoms with Crippen molar-refractivity contribution in [2.24, 2.45) is 0 Å². The molecule has 172 valence electrons. The lowest BCUT2D eigenvalue weighted by atomic mass is 9.98. The molecule has 0 radical (unpaired) electrons. The predicted octanol–water partition coefficient (Wildman–Crippen LogP) is 5.17. The molecule has 0 saturated carbocycles. The summed E-state index contributed by atoms with van der Waals surface area (Å²) in [5, 5.41) is 11.2. The lowest BCUT2D eigenvalue weighted by Crippen LogP contribution is -2.46. The maximum absolute atomic E-state index is 12.0. The second-order valence-corrected chi connectivity index (χ2v) is 8.14. The zero-order chi connectivity index (χ0) is 23.3. The zero-order valence-electron chi connectivity index (χ0n) is 19.2. The van der Waals surface area contributed by atoms with E-state index in [1.54, 1.807) is 6.08 Å². The summed E-state index contributed by atoms with van der Waals surface area (Å²) < 4.78 is 5.37. The van der Waals surface area contributed by atoms with Gasteiger partial charge in [-0.1, -0.05) is 104 Å². The van der Waals surface area contributed by atoms with Crippen molar-refractivity contribution in [3.63, 3.8) is 0 Å². The van der Waals surface area contributed by atoms with Crippen molar-refractivity contribution < 1.29 is 14.6 Å². The van der Waals surface area contributed by atoms with Gasteiger partial charge in [-0.25, -0.2) is 4.79 Å². The van der Waals surface area contributed by atoms with Crippen molar-refractivity contribution in [3.8, 4) is 0 Å². The van der Waals surface area contributed by atoms with E-state index in [0.717, 1.165) is 12.0 Å². The third-order valence-electron chi connectivity index (χ3n) is 5.54. The highest BCUT2D eigenvalue weighted by molar-refractivity contribution is 5.81. The second kappa shape index (κ2) is 13.4. The Balaban J connectivity index is 1.85. The number of aliphatic hydroxyl groups excluding tert-OH is 1. The number of carbonyl (C=O) groups excluding carboxylic acids is 1. The van der Waals surface area contributed by atoms with Crippen LogP contribution in [-0.4, -0.2) is 34.7 Å². The molecule has 2 atom stereocenters. The van der Waals surface area contributed by atoms with Gasteiger partial charge in [0.2, 0.25) is 0 Å². The van der Waals surface area contributed by atoms with E-state index in [-0.39, 0.29) is 12.6 Å². The Kier molecular flexibility index (Phi) is 9.89. The summed E-state index contributed by atoms with van der Waals surface area (Å²) in [6.45, 7) is 3.26. The van der Waals surface area contributed by atoms with Crippen LogP contribution in [0.4, 0.5) is 0 Å². The van der Waals surface area contributed by atoms with E-state index in [1.165, 1.54) is 17.2 Å². The molecule has 0 unspecified atom stereocenters. The fraction of sp³-hybridized carbons (Fsp3) is 0.276. The first-order valence-electron chi connectivity index (χ1n) is 11.5. The van der Waals surface area contributed by atoms with Crippen LogP contribution >= 0.6 is 0 Å². The van der Waals surface area contributed by atoms with Gasteiger partial charge in [-0.2, -0.15) is 0 Å². The molecular weight excluding hydrogens is 410 g/mol. The topological polar surface area (TPSA) is 49.8 Å². The van der Waals surface area contributed by atoms with Crippen LogP contribution in [0, 0.1) is 0 Å². The van der Waals surface area contributed by atoms with E-state index in [1.807, 2.05) is 61.5 Å². The molecule has 33 heavy (non-hydrogen) atoms. The molecule has 3 aromatic rings. The van der Waals surface area contributed by atoms with Gasteiger partial charge in [0.1, 0.15) is 12.7 Å². The van der Waals surface area contributed by atoms with Gasteiger partial charge in [0.05, 0.1) is 0 Å². The number of rotatable bonds is 12. The minimum Gasteiger partial charge on any atom is -0.460 e. The van der Waals surface area contributed by atoms with Crippen LogP contribution in [0.25, 0.3) is 0 Å². The second-order valence-electron chi connectivity index (χ2n) is 8.14. The maximum Gasteiger partial charge on any atom is 0.330 e. The number of carbonyl (C=O) groups is 1. The van der Waals surface area contributed by atoms with Crippen molar-refractivity contribution in [2.75, 3.05) is 6.61 Å². The molecule has 1 N–H and O–H groups in total. The number of nitrogens with zero attached hydrogens (tertiary/aromatic N) is 1. The summed E-state index contributed by atoms with van der Waals surface area (Å²) in [6.07, 6.45) is 3.75. The number of allylic oxidation sites excluding steroid dienone is 1. The van der Waals surface area contributed by atoms with E-state index in [0.29, 0.717) is 19.5 Å². The monoisotopic (exact) mass is 443 g/mol. The average molecular weight is 444 g/mol. The standard InChI is InChI=1S/C29H33NO3/c1-2-3-19-29(32)33-23-28(31)27(20-24-13-7-4-8-14-24)30(21-25-15-9-5-10-16-25)22-26-17-11-6-12-18-26/h3-19,27-28,31H,2,20-23H2,1H3/t27-,28+/m0/s1. The van der Waals surface area contributed by atoms with Gasteiger partial charge >= 0.3 is 5.97 Å². The molecule has 3 aromatic carbocycles. The summed E-state index contributed by atoms with van der Waals surface area (Å²) in [5.41, 5.74) is 3.47. The van der Waals surface area contributed by atoms with E-state index in [4.69, 9.17) is 4.74 Å². The lowest BCUT2D eigenvalue weighted by Gasteiger charge is -2.35. The number of ether oxygens (including phenoxy) is 1. The normalized spacial score (nSPS) is 13.2. The molecule has 0 aliphatic carbocycles. The van der Waals surface area contributed by atoms with Gasteiger partial charge in [0, 0.05) is 25.2 Å². The van der Waals surface area contributed by atoms with Crippen LogP contribution in [-0.2, 0) is 29.0 Å². The van der Waals surface area contributed by atoms with Crippen LogP contribution in [0.1, 0.15) is 30.0 Å². The number of aliphatic hydroxyl groups is 1. The highest BCUT2D eigenvalue weighted by Gasteiger charge is 2.28. The molecule has 0 aromatic heterocycles. The van der Waals surface area contributed by atoms with Crippen molar-refractivity contribution in [1.82, 2.24) is 4.90 Å². The highest BCUT2D eigenvalue weighted by atomic mass is 16.5. The molecule has 0 amide bonds. The molecule has 0 heterocycles. The molecule has 0 aliphatic rings. The first kappa shape index (κ1) is 24.4. The molecule has 3 rings (SSSR count). The Labute approximate surface area is 197 Å². The Morgan fingerprint density at radius 3 is 1.82 bits per heavy atom. The molecule has 0 saturated heterocycles. The quantitative estimate of drug-likeness (QED) is 0.310. The van der Waals surface area contributed by atoms with Gasteiger partial charge in [0.25, 0.3) is 0 Å².